The summed E-state index contributed by atoms with van der Waals surface area (Å²) in [6.45, 7) is -0.199. The molecule has 0 radical (unpaired) electrons. The van der Waals surface area contributed by atoms with Crippen molar-refractivity contribution in [3.8, 4) is 0 Å². The summed E-state index contributed by atoms with van der Waals surface area (Å²) in [6.07, 6.45) is 0. The van der Waals surface area contributed by atoms with Gasteiger partial charge in [-0.2, -0.15) is 4.31 Å². The Morgan fingerprint density at radius 1 is 1.37 bits per heavy atom. The van der Waals surface area contributed by atoms with Gasteiger partial charge in [-0.3, -0.25) is 0 Å². The summed E-state index contributed by atoms with van der Waals surface area (Å²) in [7, 11) is -2.47. The number of hydrogen-bond acceptors (Lipinski definition) is 5. The van der Waals surface area contributed by atoms with Crippen molar-refractivity contribution in [3.63, 3.8) is 0 Å². The molecule has 0 saturated heterocycles. The Hall–Kier alpha value is -1.22. The van der Waals surface area contributed by atoms with Crippen LogP contribution in [0, 0.1) is 5.82 Å². The highest BCUT2D eigenvalue weighted by Gasteiger charge is 2.24. The largest absolute Gasteiger partial charge is 0.399 e. The van der Waals surface area contributed by atoms with Gasteiger partial charge < -0.3 is 15.6 Å². The molecule has 0 amide bonds. The molecule has 0 heterocycles. The lowest BCUT2D eigenvalue weighted by atomic mass is 10.3. The average molecular weight is 292 g/mol. The van der Waals surface area contributed by atoms with E-state index in [1.54, 1.807) is 0 Å². The van der Waals surface area contributed by atoms with Crippen molar-refractivity contribution in [1.29, 1.82) is 0 Å². The van der Waals surface area contributed by atoms with E-state index in [9.17, 15) is 12.8 Å². The maximum atomic E-state index is 13.2. The van der Waals surface area contributed by atoms with Crippen molar-refractivity contribution < 1.29 is 22.7 Å². The third-order valence-corrected chi connectivity index (χ3v) is 4.30. The molecule has 3 N–H and O–H groups in total. The lowest BCUT2D eigenvalue weighted by Crippen LogP contribution is -2.36. The Bertz CT molecular complexity index is 501. The summed E-state index contributed by atoms with van der Waals surface area (Å²) in [5.41, 5.74) is 5.46. The van der Waals surface area contributed by atoms with E-state index in [0.29, 0.717) is 0 Å². The quantitative estimate of drug-likeness (QED) is 0.692. The number of aliphatic hydroxyl groups excluding tert-OH is 1. The topological polar surface area (TPSA) is 92.9 Å². The number of sulfonamides is 1. The zero-order valence-electron chi connectivity index (χ0n) is 10.5. The molecule has 19 heavy (non-hydrogen) atoms. The Labute approximate surface area is 111 Å². The molecule has 0 saturated carbocycles. The van der Waals surface area contributed by atoms with Crippen molar-refractivity contribution in [3.05, 3.63) is 24.0 Å². The lowest BCUT2D eigenvalue weighted by Gasteiger charge is -2.21. The van der Waals surface area contributed by atoms with Crippen LogP contribution in [0.15, 0.2) is 23.1 Å². The predicted octanol–water partition coefficient (Wildman–Crippen LogP) is 0.0373. The SMILES string of the molecule is COCCN(CCO)S(=O)(=O)c1cc(N)cc(F)c1. The van der Waals surface area contributed by atoms with Crippen molar-refractivity contribution in [2.45, 2.75) is 4.90 Å². The monoisotopic (exact) mass is 292 g/mol. The Kier molecular flexibility index (Phi) is 5.67. The molecule has 0 atom stereocenters. The first-order valence-electron chi connectivity index (χ1n) is 5.58. The maximum absolute atomic E-state index is 13.2. The fourth-order valence-corrected chi connectivity index (χ4v) is 3.02. The molecule has 0 aliphatic rings. The van der Waals surface area contributed by atoms with Gasteiger partial charge >= 0.3 is 0 Å². The van der Waals surface area contributed by atoms with Crippen molar-refractivity contribution in [1.82, 2.24) is 4.31 Å². The number of aliphatic hydroxyl groups is 1. The molecule has 0 bridgehead atoms. The second kappa shape index (κ2) is 6.80. The zero-order valence-corrected chi connectivity index (χ0v) is 11.4. The fraction of sp³-hybridized carbons (Fsp3) is 0.455. The van der Waals surface area contributed by atoms with E-state index < -0.39 is 15.8 Å². The molecule has 8 heteroatoms. The van der Waals surface area contributed by atoms with Gasteiger partial charge in [0, 0.05) is 25.9 Å². The molecule has 0 aliphatic carbocycles. The van der Waals surface area contributed by atoms with Crippen LogP contribution >= 0.6 is 0 Å². The normalized spacial score (nSPS) is 12.0. The van der Waals surface area contributed by atoms with Gasteiger partial charge in [0.15, 0.2) is 0 Å². The van der Waals surface area contributed by atoms with E-state index >= 15 is 0 Å². The first-order chi connectivity index (χ1) is 8.91. The van der Waals surface area contributed by atoms with Crippen LogP contribution in [-0.2, 0) is 14.8 Å². The van der Waals surface area contributed by atoms with Gasteiger partial charge in [0.25, 0.3) is 0 Å². The summed E-state index contributed by atoms with van der Waals surface area (Å²) in [6, 6.07) is 3.10. The van der Waals surface area contributed by atoms with Crippen LogP contribution in [0.2, 0.25) is 0 Å². The zero-order chi connectivity index (χ0) is 14.5. The van der Waals surface area contributed by atoms with Crippen LogP contribution in [0.1, 0.15) is 0 Å². The Morgan fingerprint density at radius 3 is 2.58 bits per heavy atom. The van der Waals surface area contributed by atoms with Crippen LogP contribution < -0.4 is 5.73 Å². The number of halogens is 1. The smallest absolute Gasteiger partial charge is 0.243 e. The highest BCUT2D eigenvalue weighted by molar-refractivity contribution is 7.89. The number of rotatable bonds is 7. The van der Waals surface area contributed by atoms with Crippen LogP contribution in [0.4, 0.5) is 10.1 Å². The molecule has 0 unspecified atom stereocenters. The second-order valence-corrected chi connectivity index (χ2v) is 5.78. The summed E-state index contributed by atoms with van der Waals surface area (Å²) in [4.78, 5) is -0.241. The van der Waals surface area contributed by atoms with Gasteiger partial charge in [-0.15, -0.1) is 0 Å². The van der Waals surface area contributed by atoms with E-state index in [1.807, 2.05) is 0 Å². The minimum atomic E-state index is -3.91. The van der Waals surface area contributed by atoms with E-state index in [1.165, 1.54) is 13.2 Å². The Balaban J connectivity index is 3.10. The number of hydrogen-bond donors (Lipinski definition) is 2. The summed E-state index contributed by atoms with van der Waals surface area (Å²) >= 11 is 0. The summed E-state index contributed by atoms with van der Waals surface area (Å²) < 4.78 is 43.6. The molecule has 1 rings (SSSR count). The van der Waals surface area contributed by atoms with Gasteiger partial charge in [0.1, 0.15) is 5.82 Å². The van der Waals surface area contributed by atoms with Crippen molar-refractivity contribution >= 4 is 15.7 Å². The van der Waals surface area contributed by atoms with Gasteiger partial charge in [0.2, 0.25) is 10.0 Å². The molecular weight excluding hydrogens is 275 g/mol. The highest BCUT2D eigenvalue weighted by Crippen LogP contribution is 2.19. The standard InChI is InChI=1S/C11H17FN2O4S/c1-18-5-3-14(2-4-15)19(16,17)11-7-9(12)6-10(13)8-11/h6-8,15H,2-5,13H2,1H3. The van der Waals surface area contributed by atoms with Gasteiger partial charge in [0.05, 0.1) is 18.1 Å². The number of anilines is 1. The number of benzene rings is 1. The predicted molar refractivity (Wildman–Crippen MR) is 68.5 cm³/mol. The molecule has 108 valence electrons. The molecule has 6 nitrogen and oxygen atoms in total. The number of ether oxygens (including phenoxy) is 1. The molecule has 1 aromatic carbocycles. The van der Waals surface area contributed by atoms with Crippen molar-refractivity contribution in [2.24, 2.45) is 0 Å². The van der Waals surface area contributed by atoms with Crippen LogP contribution in [0.25, 0.3) is 0 Å². The highest BCUT2D eigenvalue weighted by atomic mass is 32.2. The van der Waals surface area contributed by atoms with Crippen LogP contribution in [0.3, 0.4) is 0 Å². The number of methoxy groups -OCH3 is 1. The number of nitrogen functional groups attached to an aromatic ring is 1. The van der Waals surface area contributed by atoms with Gasteiger partial charge in [-0.1, -0.05) is 0 Å². The van der Waals surface area contributed by atoms with E-state index in [4.69, 9.17) is 15.6 Å². The van der Waals surface area contributed by atoms with Crippen LogP contribution in [0.5, 0.6) is 0 Å². The van der Waals surface area contributed by atoms with E-state index in [0.717, 1.165) is 16.4 Å². The third-order valence-electron chi connectivity index (χ3n) is 2.43. The minimum Gasteiger partial charge on any atom is -0.399 e. The number of nitrogens with zero attached hydrogens (tertiary/aromatic N) is 1. The summed E-state index contributed by atoms with van der Waals surface area (Å²) in [5, 5.41) is 8.91. The molecule has 0 spiro atoms. The minimum absolute atomic E-state index is 0.0225. The Morgan fingerprint density at radius 2 is 2.05 bits per heavy atom. The first kappa shape index (κ1) is 15.8. The van der Waals surface area contributed by atoms with Gasteiger partial charge in [-0.25, -0.2) is 12.8 Å². The number of nitrogens with two attached hydrogens (primary N) is 1. The van der Waals surface area contributed by atoms with Crippen LogP contribution in [-0.4, -0.2) is 51.2 Å². The maximum Gasteiger partial charge on any atom is 0.243 e. The molecular formula is C11H17FN2O4S. The second-order valence-electron chi connectivity index (χ2n) is 3.84. The average Bonchev–Trinajstić information content (AvgIpc) is 2.33. The van der Waals surface area contributed by atoms with Crippen molar-refractivity contribution in [2.75, 3.05) is 39.1 Å². The summed E-state index contributed by atoms with van der Waals surface area (Å²) in [5.74, 6) is -0.728. The molecule has 0 aromatic heterocycles. The van der Waals surface area contributed by atoms with Gasteiger partial charge in [-0.05, 0) is 18.2 Å². The first-order valence-corrected chi connectivity index (χ1v) is 7.02. The fourth-order valence-electron chi connectivity index (χ4n) is 1.54. The third kappa shape index (κ3) is 4.13. The molecule has 1 aromatic rings. The molecule has 0 aliphatic heterocycles. The molecule has 0 fully saturated rings. The lowest BCUT2D eigenvalue weighted by molar-refractivity contribution is 0.168. The van der Waals surface area contributed by atoms with E-state index in [-0.39, 0.29) is 36.9 Å². The van der Waals surface area contributed by atoms with E-state index in [2.05, 4.69) is 0 Å².